The van der Waals surface area contributed by atoms with Gasteiger partial charge in [-0.05, 0) is 74.0 Å². The molecule has 0 spiro atoms. The van der Waals surface area contributed by atoms with E-state index in [0.29, 0.717) is 34.4 Å². The summed E-state index contributed by atoms with van der Waals surface area (Å²) in [5.41, 5.74) is 2.87. The van der Waals surface area contributed by atoms with Crippen LogP contribution in [-0.4, -0.2) is 19.6 Å². The Labute approximate surface area is 181 Å². The molecule has 3 aromatic carbocycles. The van der Waals surface area contributed by atoms with Crippen molar-refractivity contribution in [3.63, 3.8) is 0 Å². The molecule has 5 nitrogen and oxygen atoms in total. The number of carbonyl (C=O) groups excluding carboxylic acids is 1. The van der Waals surface area contributed by atoms with Crippen LogP contribution in [0.15, 0.2) is 60.7 Å². The molecule has 0 fully saturated rings. The molecule has 0 radical (unpaired) electrons. The number of hydrogen-bond donors (Lipinski definition) is 1. The molecule has 1 N–H and O–H groups in total. The number of rotatable bonds is 8. The van der Waals surface area contributed by atoms with Crippen LogP contribution in [0.1, 0.15) is 28.4 Å². The fraction of sp³-hybridized carbons (Fsp3) is 0.208. The molecule has 0 atom stereocenters. The second-order valence-electron chi connectivity index (χ2n) is 6.64. The third-order valence-electron chi connectivity index (χ3n) is 4.51. The van der Waals surface area contributed by atoms with Gasteiger partial charge >= 0.3 is 0 Å². The number of nitrogens with one attached hydrogen (secondary N) is 1. The first-order chi connectivity index (χ1) is 14.5. The van der Waals surface area contributed by atoms with Gasteiger partial charge in [0.1, 0.15) is 23.9 Å². The number of carbonyl (C=O) groups is 1. The van der Waals surface area contributed by atoms with Crippen molar-refractivity contribution in [2.75, 3.05) is 19.0 Å². The van der Waals surface area contributed by atoms with Gasteiger partial charge in [-0.25, -0.2) is 0 Å². The molecule has 0 aliphatic carbocycles. The number of hydrogen-bond acceptors (Lipinski definition) is 4. The smallest absolute Gasteiger partial charge is 0.255 e. The molecular formula is C24H24ClNO4. The fourth-order valence-electron chi connectivity index (χ4n) is 2.84. The van der Waals surface area contributed by atoms with Gasteiger partial charge in [-0.2, -0.15) is 0 Å². The Hall–Kier alpha value is -3.18. The molecule has 30 heavy (non-hydrogen) atoms. The van der Waals surface area contributed by atoms with E-state index in [2.05, 4.69) is 5.32 Å². The Balaban J connectivity index is 1.76. The summed E-state index contributed by atoms with van der Waals surface area (Å²) in [7, 11) is 1.62. The van der Waals surface area contributed by atoms with Crippen LogP contribution in [0, 0.1) is 6.92 Å². The number of anilines is 1. The van der Waals surface area contributed by atoms with Gasteiger partial charge in [-0.15, -0.1) is 0 Å². The van der Waals surface area contributed by atoms with Crippen molar-refractivity contribution in [2.45, 2.75) is 20.5 Å². The van der Waals surface area contributed by atoms with E-state index in [-0.39, 0.29) is 12.5 Å². The predicted molar refractivity (Wildman–Crippen MR) is 119 cm³/mol. The number of methoxy groups -OCH3 is 1. The molecule has 0 heterocycles. The second-order valence-corrected chi connectivity index (χ2v) is 7.05. The molecule has 0 bridgehead atoms. The Morgan fingerprint density at radius 2 is 1.70 bits per heavy atom. The van der Waals surface area contributed by atoms with Crippen LogP contribution in [0.2, 0.25) is 5.02 Å². The maximum atomic E-state index is 12.7. The van der Waals surface area contributed by atoms with Gasteiger partial charge in [0.2, 0.25) is 0 Å². The van der Waals surface area contributed by atoms with Crippen LogP contribution in [-0.2, 0) is 6.61 Å². The minimum Gasteiger partial charge on any atom is -0.497 e. The van der Waals surface area contributed by atoms with Crippen LogP contribution < -0.4 is 19.5 Å². The summed E-state index contributed by atoms with van der Waals surface area (Å²) in [4.78, 5) is 12.7. The molecule has 3 rings (SSSR count). The van der Waals surface area contributed by atoms with Crippen LogP contribution in [0.25, 0.3) is 0 Å². The van der Waals surface area contributed by atoms with Gasteiger partial charge in [0.15, 0.2) is 0 Å². The van der Waals surface area contributed by atoms with Gasteiger partial charge in [-0.3, -0.25) is 4.79 Å². The maximum Gasteiger partial charge on any atom is 0.255 e. The molecule has 1 amide bonds. The first-order valence-electron chi connectivity index (χ1n) is 9.60. The van der Waals surface area contributed by atoms with Crippen molar-refractivity contribution in [1.29, 1.82) is 0 Å². The Bertz CT molecular complexity index is 1020. The number of aryl methyl sites for hydroxylation is 1. The van der Waals surface area contributed by atoms with Crippen molar-refractivity contribution in [3.05, 3.63) is 82.4 Å². The van der Waals surface area contributed by atoms with E-state index in [0.717, 1.165) is 16.9 Å². The first-order valence-corrected chi connectivity index (χ1v) is 9.98. The highest BCUT2D eigenvalue weighted by Crippen LogP contribution is 2.25. The largest absolute Gasteiger partial charge is 0.497 e. The number of benzene rings is 3. The van der Waals surface area contributed by atoms with Crippen LogP contribution in [0.5, 0.6) is 17.2 Å². The number of ether oxygens (including phenoxy) is 3. The Morgan fingerprint density at radius 1 is 0.967 bits per heavy atom. The fourth-order valence-corrected chi connectivity index (χ4v) is 3.02. The van der Waals surface area contributed by atoms with Gasteiger partial charge < -0.3 is 19.5 Å². The SMILES string of the molecule is CCOc1ccc(C(=O)Nc2ccc(C)c(Cl)c2)cc1COc1ccc(OC)cc1. The quantitative estimate of drug-likeness (QED) is 0.489. The van der Waals surface area contributed by atoms with E-state index in [9.17, 15) is 4.79 Å². The third kappa shape index (κ3) is 5.45. The van der Waals surface area contributed by atoms with E-state index in [1.54, 1.807) is 31.4 Å². The summed E-state index contributed by atoms with van der Waals surface area (Å²) in [6.07, 6.45) is 0. The highest BCUT2D eigenvalue weighted by atomic mass is 35.5. The van der Waals surface area contributed by atoms with Gasteiger partial charge in [0, 0.05) is 21.8 Å². The molecule has 156 valence electrons. The van der Waals surface area contributed by atoms with Crippen molar-refractivity contribution in [2.24, 2.45) is 0 Å². The zero-order valence-electron chi connectivity index (χ0n) is 17.2. The lowest BCUT2D eigenvalue weighted by Crippen LogP contribution is -2.13. The van der Waals surface area contributed by atoms with Crippen molar-refractivity contribution in [1.82, 2.24) is 0 Å². The van der Waals surface area contributed by atoms with Crippen LogP contribution in [0.4, 0.5) is 5.69 Å². The van der Waals surface area contributed by atoms with Crippen LogP contribution in [0.3, 0.4) is 0 Å². The predicted octanol–water partition coefficient (Wildman–Crippen LogP) is 5.89. The monoisotopic (exact) mass is 425 g/mol. The highest BCUT2D eigenvalue weighted by Gasteiger charge is 2.12. The average molecular weight is 426 g/mol. The van der Waals surface area contributed by atoms with Crippen molar-refractivity contribution in [3.8, 4) is 17.2 Å². The average Bonchev–Trinajstić information content (AvgIpc) is 2.76. The maximum absolute atomic E-state index is 12.7. The van der Waals surface area contributed by atoms with Crippen molar-refractivity contribution >= 4 is 23.2 Å². The minimum absolute atomic E-state index is 0.233. The normalized spacial score (nSPS) is 10.4. The van der Waals surface area contributed by atoms with Gasteiger partial charge in [-0.1, -0.05) is 17.7 Å². The molecule has 0 aliphatic rings. The van der Waals surface area contributed by atoms with Crippen molar-refractivity contribution < 1.29 is 19.0 Å². The summed E-state index contributed by atoms with van der Waals surface area (Å²) < 4.78 is 16.7. The summed E-state index contributed by atoms with van der Waals surface area (Å²) in [5.74, 6) is 1.90. The molecule has 0 unspecified atom stereocenters. The standard InChI is InChI=1S/C24H24ClNO4/c1-4-29-23-12-6-17(24(27)26-19-7-5-16(2)22(25)14-19)13-18(23)15-30-21-10-8-20(28-3)9-11-21/h5-14H,4,15H2,1-3H3,(H,26,27). The van der Waals surface area contributed by atoms with Crippen LogP contribution >= 0.6 is 11.6 Å². The first kappa shape index (κ1) is 21.5. The summed E-state index contributed by atoms with van der Waals surface area (Å²) >= 11 is 6.15. The molecule has 3 aromatic rings. The lowest BCUT2D eigenvalue weighted by atomic mass is 10.1. The highest BCUT2D eigenvalue weighted by molar-refractivity contribution is 6.31. The van der Waals surface area contributed by atoms with E-state index in [1.807, 2.05) is 50.2 Å². The second kappa shape index (κ2) is 10.0. The van der Waals surface area contributed by atoms with Gasteiger partial charge in [0.25, 0.3) is 5.91 Å². The molecule has 0 saturated heterocycles. The van der Waals surface area contributed by atoms with Gasteiger partial charge in [0.05, 0.1) is 13.7 Å². The molecule has 0 aliphatic heterocycles. The number of halogens is 1. The Morgan fingerprint density at radius 3 is 2.37 bits per heavy atom. The zero-order valence-corrected chi connectivity index (χ0v) is 18.0. The Kier molecular flexibility index (Phi) is 7.20. The van der Waals surface area contributed by atoms with E-state index in [1.165, 1.54) is 0 Å². The minimum atomic E-state index is -0.233. The molecule has 0 saturated carbocycles. The summed E-state index contributed by atoms with van der Waals surface area (Å²) in [6.45, 7) is 4.60. The summed E-state index contributed by atoms with van der Waals surface area (Å²) in [5, 5.41) is 3.48. The third-order valence-corrected chi connectivity index (χ3v) is 4.91. The lowest BCUT2D eigenvalue weighted by molar-refractivity contribution is 0.102. The number of amides is 1. The zero-order chi connectivity index (χ0) is 21.5. The van der Waals surface area contributed by atoms with E-state index < -0.39 is 0 Å². The molecule has 0 aromatic heterocycles. The van der Waals surface area contributed by atoms with E-state index >= 15 is 0 Å². The molecular weight excluding hydrogens is 402 g/mol. The lowest BCUT2D eigenvalue weighted by Gasteiger charge is -2.14. The van der Waals surface area contributed by atoms with E-state index in [4.69, 9.17) is 25.8 Å². The summed E-state index contributed by atoms with van der Waals surface area (Å²) in [6, 6.07) is 18.0. The topological polar surface area (TPSA) is 56.8 Å². The molecule has 6 heteroatoms.